The highest BCUT2D eigenvalue weighted by Gasteiger charge is 2.43. The first kappa shape index (κ1) is 28.6. The van der Waals surface area contributed by atoms with Crippen LogP contribution in [-0.4, -0.2) is 22.1 Å². The topological polar surface area (TPSA) is 80.9 Å². The van der Waals surface area contributed by atoms with Gasteiger partial charge in [0, 0.05) is 23.5 Å². The van der Waals surface area contributed by atoms with Crippen LogP contribution in [-0.2, 0) is 6.18 Å². The molecule has 3 aromatic rings. The van der Waals surface area contributed by atoms with E-state index < -0.39 is 63.6 Å². The van der Waals surface area contributed by atoms with Crippen LogP contribution >= 0.6 is 34.8 Å². The van der Waals surface area contributed by atoms with Gasteiger partial charge in [-0.15, -0.1) is 0 Å². The number of nitrogens with one attached hydrogen (secondary N) is 1. The van der Waals surface area contributed by atoms with E-state index in [9.17, 15) is 31.1 Å². The van der Waals surface area contributed by atoms with Crippen LogP contribution < -0.4 is 11.3 Å². The highest BCUT2D eigenvalue weighted by Crippen LogP contribution is 2.45. The number of nitrogen functional groups attached to an aromatic ring is 1. The quantitative estimate of drug-likeness (QED) is 0.107. The van der Waals surface area contributed by atoms with Crippen LogP contribution in [0.15, 0.2) is 48.8 Å². The van der Waals surface area contributed by atoms with E-state index in [0.29, 0.717) is 12.1 Å². The molecular formula is C22H12Cl3F7N4O. The van der Waals surface area contributed by atoms with Gasteiger partial charge in [-0.3, -0.25) is 10.2 Å². The van der Waals surface area contributed by atoms with E-state index in [1.807, 2.05) is 0 Å². The number of amides is 1. The van der Waals surface area contributed by atoms with Crippen LogP contribution in [0.3, 0.4) is 0 Å². The molecule has 0 aliphatic heterocycles. The van der Waals surface area contributed by atoms with Gasteiger partial charge in [-0.25, -0.2) is 20.2 Å². The van der Waals surface area contributed by atoms with Crippen LogP contribution in [0.25, 0.3) is 17.2 Å². The van der Waals surface area contributed by atoms with E-state index in [2.05, 4.69) is 9.97 Å². The van der Waals surface area contributed by atoms with Crippen molar-refractivity contribution < 1.29 is 35.5 Å². The average molecular weight is 588 g/mol. The summed E-state index contributed by atoms with van der Waals surface area (Å²) >= 11 is 17.4. The fourth-order valence-corrected chi connectivity index (χ4v) is 4.01. The Morgan fingerprint density at radius 2 is 1.51 bits per heavy atom. The van der Waals surface area contributed by atoms with Crippen molar-refractivity contribution in [1.82, 2.24) is 15.4 Å². The summed E-state index contributed by atoms with van der Waals surface area (Å²) < 4.78 is 99.8. The number of alkyl halides is 6. The molecule has 0 spiro atoms. The Hall–Kier alpha value is -2.93. The third kappa shape index (κ3) is 6.15. The number of hydrogen-bond acceptors (Lipinski definition) is 4. The third-order valence-corrected chi connectivity index (χ3v) is 6.14. The maximum absolute atomic E-state index is 15.5. The molecule has 3 N–H and O–H groups in total. The Kier molecular flexibility index (Phi) is 8.37. The van der Waals surface area contributed by atoms with Gasteiger partial charge in [0.15, 0.2) is 5.82 Å². The van der Waals surface area contributed by atoms with Crippen molar-refractivity contribution in [2.24, 2.45) is 5.84 Å². The minimum Gasteiger partial charge on any atom is -0.290 e. The first-order chi connectivity index (χ1) is 17.2. The van der Waals surface area contributed by atoms with E-state index in [-0.39, 0.29) is 21.1 Å². The Bertz CT molecular complexity index is 1340. The number of nitrogens with two attached hydrogens (primary N) is 1. The molecule has 0 bridgehead atoms. The van der Waals surface area contributed by atoms with Gasteiger partial charge in [-0.05, 0) is 35.9 Å². The first-order valence-electron chi connectivity index (χ1n) is 9.78. The predicted molar refractivity (Wildman–Crippen MR) is 123 cm³/mol. The zero-order valence-electron chi connectivity index (χ0n) is 17.9. The molecule has 1 amide bonds. The molecule has 1 atom stereocenters. The molecule has 0 fully saturated rings. The van der Waals surface area contributed by atoms with Gasteiger partial charge in [0.2, 0.25) is 0 Å². The number of hydrogen-bond donors (Lipinski definition) is 2. The number of nitrogens with zero attached hydrogens (tertiary/aromatic N) is 2. The summed E-state index contributed by atoms with van der Waals surface area (Å²) in [5, 5.41) is -0.964. The minimum atomic E-state index is -5.30. The lowest BCUT2D eigenvalue weighted by atomic mass is 9.91. The number of hydrazine groups is 1. The van der Waals surface area contributed by atoms with Gasteiger partial charge >= 0.3 is 12.4 Å². The molecule has 5 nitrogen and oxygen atoms in total. The Balaban J connectivity index is 2.36. The lowest BCUT2D eigenvalue weighted by molar-refractivity contribution is -0.140. The molecule has 0 saturated carbocycles. The lowest BCUT2D eigenvalue weighted by Gasteiger charge is -2.21. The molecular weight excluding hydrogens is 576 g/mol. The molecule has 1 aromatic heterocycles. The zero-order chi connectivity index (χ0) is 27.7. The highest BCUT2D eigenvalue weighted by molar-refractivity contribution is 6.48. The molecule has 1 heterocycles. The van der Waals surface area contributed by atoms with E-state index in [0.717, 1.165) is 24.5 Å². The number of halogens is 10. The maximum atomic E-state index is 15.5. The molecule has 196 valence electrons. The summed E-state index contributed by atoms with van der Waals surface area (Å²) in [5.41, 5.74) is -3.87. The largest absolute Gasteiger partial charge is 0.417 e. The molecule has 0 aliphatic rings. The summed E-state index contributed by atoms with van der Waals surface area (Å²) in [6.45, 7) is 0. The van der Waals surface area contributed by atoms with Crippen molar-refractivity contribution in [1.29, 1.82) is 0 Å². The van der Waals surface area contributed by atoms with Gasteiger partial charge < -0.3 is 0 Å². The highest BCUT2D eigenvalue weighted by atomic mass is 35.5. The summed E-state index contributed by atoms with van der Waals surface area (Å²) in [7, 11) is 0. The Labute approximate surface area is 219 Å². The molecule has 1 unspecified atom stereocenters. The maximum Gasteiger partial charge on any atom is 0.417 e. The summed E-state index contributed by atoms with van der Waals surface area (Å²) in [4.78, 5) is 19.4. The lowest BCUT2D eigenvalue weighted by Crippen LogP contribution is -2.32. The standard InChI is InChI=1S/C22H12Cl3F7N4O/c23-13-6-9(7-14(24)18(13)25)12(21(27,28)29)8-15(26)10-2-3-11(20(37)36-33)17(22(30,31)32)16(10)19-34-4-1-5-35-19/h1-8,12H,33H2,(H,36,37). The number of aromatic nitrogens is 2. The average Bonchev–Trinajstić information content (AvgIpc) is 2.83. The predicted octanol–water partition coefficient (Wildman–Crippen LogP) is 7.38. The van der Waals surface area contributed by atoms with Crippen LogP contribution in [0.1, 0.15) is 33.0 Å². The van der Waals surface area contributed by atoms with Crippen molar-refractivity contribution in [2.75, 3.05) is 0 Å². The molecule has 15 heteroatoms. The van der Waals surface area contributed by atoms with Crippen LogP contribution in [0.2, 0.25) is 15.1 Å². The first-order valence-corrected chi connectivity index (χ1v) is 10.9. The SMILES string of the molecule is NNC(=O)c1ccc(C(F)=CC(c2cc(Cl)c(Cl)c(Cl)c2)C(F)(F)F)c(-c2ncccn2)c1C(F)(F)F. The van der Waals surface area contributed by atoms with Crippen LogP contribution in [0.4, 0.5) is 30.7 Å². The van der Waals surface area contributed by atoms with E-state index >= 15 is 4.39 Å². The molecule has 0 aliphatic carbocycles. The fraction of sp³-hybridized carbons (Fsp3) is 0.136. The van der Waals surface area contributed by atoms with E-state index in [1.54, 1.807) is 0 Å². The number of carbonyl (C=O) groups is 1. The molecule has 0 radical (unpaired) electrons. The summed E-state index contributed by atoms with van der Waals surface area (Å²) in [6, 6.07) is 4.10. The molecule has 0 saturated heterocycles. The van der Waals surface area contributed by atoms with E-state index in [4.69, 9.17) is 40.6 Å². The Morgan fingerprint density at radius 1 is 0.973 bits per heavy atom. The number of benzene rings is 2. The summed E-state index contributed by atoms with van der Waals surface area (Å²) in [6.07, 6.45) is -8.33. The smallest absolute Gasteiger partial charge is 0.290 e. The number of carbonyl (C=O) groups excluding carboxylic acids is 1. The second-order valence-electron chi connectivity index (χ2n) is 7.29. The van der Waals surface area contributed by atoms with Crippen LogP contribution in [0, 0.1) is 0 Å². The normalized spacial score (nSPS) is 13.4. The number of allylic oxidation sites excluding steroid dienone is 1. The van der Waals surface area contributed by atoms with Gasteiger partial charge in [-0.2, -0.15) is 26.3 Å². The minimum absolute atomic E-state index is 0.0422. The monoisotopic (exact) mass is 586 g/mol. The van der Waals surface area contributed by atoms with Gasteiger partial charge in [-0.1, -0.05) is 40.9 Å². The van der Waals surface area contributed by atoms with Crippen LogP contribution in [0.5, 0.6) is 0 Å². The van der Waals surface area contributed by atoms with E-state index in [1.165, 1.54) is 11.5 Å². The molecule has 2 aromatic carbocycles. The van der Waals surface area contributed by atoms with Gasteiger partial charge in [0.05, 0.1) is 26.2 Å². The van der Waals surface area contributed by atoms with Crippen molar-refractivity contribution in [3.05, 3.63) is 86.1 Å². The van der Waals surface area contributed by atoms with Crippen molar-refractivity contribution in [2.45, 2.75) is 18.3 Å². The Morgan fingerprint density at radius 3 is 2.00 bits per heavy atom. The zero-order valence-corrected chi connectivity index (χ0v) is 20.1. The van der Waals surface area contributed by atoms with Gasteiger partial charge in [0.25, 0.3) is 5.91 Å². The second-order valence-corrected chi connectivity index (χ2v) is 8.48. The molecule has 3 rings (SSSR count). The van der Waals surface area contributed by atoms with Crippen molar-refractivity contribution >= 4 is 46.5 Å². The third-order valence-electron chi connectivity index (χ3n) is 4.94. The second kappa shape index (κ2) is 10.8. The molecule has 37 heavy (non-hydrogen) atoms. The van der Waals surface area contributed by atoms with Gasteiger partial charge in [0.1, 0.15) is 11.7 Å². The fourth-order valence-electron chi connectivity index (χ4n) is 3.39. The van der Waals surface area contributed by atoms with Crippen molar-refractivity contribution in [3.8, 4) is 11.4 Å². The van der Waals surface area contributed by atoms with Crippen molar-refractivity contribution in [3.63, 3.8) is 0 Å². The number of rotatable bonds is 5. The summed E-state index contributed by atoms with van der Waals surface area (Å²) in [5.74, 6) is -1.55.